The SMILES string of the molecule is NCC(c1ccccc1)C(O)c1ccc(Br)cc1Br. The first-order chi connectivity index (χ1) is 9.13. The van der Waals surface area contributed by atoms with Gasteiger partial charge in [0.05, 0.1) is 6.10 Å². The van der Waals surface area contributed by atoms with E-state index in [1.807, 2.05) is 48.5 Å². The lowest BCUT2D eigenvalue weighted by Crippen LogP contribution is -2.20. The Hall–Kier alpha value is -0.680. The van der Waals surface area contributed by atoms with Crippen molar-refractivity contribution in [3.63, 3.8) is 0 Å². The summed E-state index contributed by atoms with van der Waals surface area (Å²) in [4.78, 5) is 0. The summed E-state index contributed by atoms with van der Waals surface area (Å²) in [7, 11) is 0. The van der Waals surface area contributed by atoms with Crippen LogP contribution in [0, 0.1) is 0 Å². The highest BCUT2D eigenvalue weighted by molar-refractivity contribution is 9.11. The first-order valence-corrected chi connectivity index (χ1v) is 7.60. The molecule has 0 bridgehead atoms. The molecule has 0 fully saturated rings. The molecular formula is C15H15Br2NO. The number of nitrogens with two attached hydrogens (primary N) is 1. The normalized spacial score (nSPS) is 14.1. The maximum Gasteiger partial charge on any atom is 0.0881 e. The van der Waals surface area contributed by atoms with Crippen LogP contribution in [0.25, 0.3) is 0 Å². The third kappa shape index (κ3) is 3.45. The van der Waals surface area contributed by atoms with E-state index in [0.717, 1.165) is 20.1 Å². The summed E-state index contributed by atoms with van der Waals surface area (Å²) < 4.78 is 1.85. The minimum Gasteiger partial charge on any atom is -0.388 e. The summed E-state index contributed by atoms with van der Waals surface area (Å²) in [6.45, 7) is 0.397. The molecule has 0 amide bonds. The summed E-state index contributed by atoms with van der Waals surface area (Å²) in [6.07, 6.45) is -0.630. The van der Waals surface area contributed by atoms with E-state index in [9.17, 15) is 5.11 Å². The highest BCUT2D eigenvalue weighted by Gasteiger charge is 2.23. The predicted octanol–water partition coefficient (Wildman–Crippen LogP) is 3.99. The smallest absolute Gasteiger partial charge is 0.0881 e. The molecule has 19 heavy (non-hydrogen) atoms. The van der Waals surface area contributed by atoms with Crippen molar-refractivity contribution in [2.45, 2.75) is 12.0 Å². The Bertz CT molecular complexity index is 545. The summed E-state index contributed by atoms with van der Waals surface area (Å²) >= 11 is 6.90. The topological polar surface area (TPSA) is 46.2 Å². The number of rotatable bonds is 4. The first-order valence-electron chi connectivity index (χ1n) is 6.01. The molecule has 100 valence electrons. The second-order valence-electron chi connectivity index (χ2n) is 4.36. The Morgan fingerprint density at radius 1 is 1.05 bits per heavy atom. The summed E-state index contributed by atoms with van der Waals surface area (Å²) in [5.41, 5.74) is 7.74. The van der Waals surface area contributed by atoms with Crippen molar-refractivity contribution in [2.75, 3.05) is 6.54 Å². The Morgan fingerprint density at radius 2 is 1.74 bits per heavy atom. The van der Waals surface area contributed by atoms with Gasteiger partial charge in [-0.25, -0.2) is 0 Å². The van der Waals surface area contributed by atoms with Crippen molar-refractivity contribution in [1.82, 2.24) is 0 Å². The number of aliphatic hydroxyl groups excluding tert-OH is 1. The van der Waals surface area contributed by atoms with E-state index in [4.69, 9.17) is 5.73 Å². The van der Waals surface area contributed by atoms with Gasteiger partial charge in [0.1, 0.15) is 0 Å². The van der Waals surface area contributed by atoms with Crippen LogP contribution in [0.5, 0.6) is 0 Å². The molecular weight excluding hydrogens is 370 g/mol. The fourth-order valence-corrected chi connectivity index (χ4v) is 3.39. The number of hydrogen-bond donors (Lipinski definition) is 2. The fourth-order valence-electron chi connectivity index (χ4n) is 2.11. The van der Waals surface area contributed by atoms with Gasteiger partial charge in [-0.2, -0.15) is 0 Å². The van der Waals surface area contributed by atoms with Gasteiger partial charge in [-0.1, -0.05) is 68.3 Å². The third-order valence-electron chi connectivity index (χ3n) is 3.14. The van der Waals surface area contributed by atoms with Crippen LogP contribution < -0.4 is 5.73 Å². The zero-order valence-corrected chi connectivity index (χ0v) is 13.4. The maximum absolute atomic E-state index is 10.6. The van der Waals surface area contributed by atoms with Gasteiger partial charge in [-0.15, -0.1) is 0 Å². The standard InChI is InChI=1S/C15H15Br2NO/c16-11-6-7-12(14(17)8-11)15(19)13(9-18)10-4-2-1-3-5-10/h1-8,13,15,19H,9,18H2. The first kappa shape index (κ1) is 14.7. The number of benzene rings is 2. The van der Waals surface area contributed by atoms with Crippen molar-refractivity contribution in [3.8, 4) is 0 Å². The van der Waals surface area contributed by atoms with Crippen molar-refractivity contribution in [1.29, 1.82) is 0 Å². The molecule has 3 N–H and O–H groups in total. The quantitative estimate of drug-likeness (QED) is 0.837. The van der Waals surface area contributed by atoms with Crippen LogP contribution in [-0.2, 0) is 0 Å². The lowest BCUT2D eigenvalue weighted by Gasteiger charge is -2.23. The van der Waals surface area contributed by atoms with Gasteiger partial charge < -0.3 is 10.8 Å². The van der Waals surface area contributed by atoms with Crippen LogP contribution >= 0.6 is 31.9 Å². The van der Waals surface area contributed by atoms with E-state index in [0.29, 0.717) is 6.54 Å². The van der Waals surface area contributed by atoms with Gasteiger partial charge >= 0.3 is 0 Å². The van der Waals surface area contributed by atoms with Gasteiger partial charge in [0.2, 0.25) is 0 Å². The summed E-state index contributed by atoms with van der Waals surface area (Å²) in [6, 6.07) is 15.6. The van der Waals surface area contributed by atoms with Crippen molar-refractivity contribution >= 4 is 31.9 Å². The molecule has 2 aromatic carbocycles. The van der Waals surface area contributed by atoms with E-state index in [2.05, 4.69) is 31.9 Å². The van der Waals surface area contributed by atoms with E-state index < -0.39 is 6.10 Å². The van der Waals surface area contributed by atoms with Crippen LogP contribution in [0.2, 0.25) is 0 Å². The van der Waals surface area contributed by atoms with E-state index in [1.54, 1.807) is 0 Å². The molecule has 0 aromatic heterocycles. The Morgan fingerprint density at radius 3 is 2.32 bits per heavy atom. The average Bonchev–Trinajstić information content (AvgIpc) is 2.40. The largest absolute Gasteiger partial charge is 0.388 e. The molecule has 2 rings (SSSR count). The van der Waals surface area contributed by atoms with Gasteiger partial charge in [0.15, 0.2) is 0 Å². The molecule has 0 spiro atoms. The maximum atomic E-state index is 10.6. The number of halogens is 2. The Kier molecular flexibility index (Phi) is 5.16. The highest BCUT2D eigenvalue weighted by atomic mass is 79.9. The molecule has 0 heterocycles. The van der Waals surface area contributed by atoms with E-state index >= 15 is 0 Å². The minimum atomic E-state index is -0.630. The molecule has 0 saturated heterocycles. The second-order valence-corrected chi connectivity index (χ2v) is 6.13. The van der Waals surface area contributed by atoms with Crippen LogP contribution in [0.4, 0.5) is 0 Å². The zero-order valence-electron chi connectivity index (χ0n) is 10.3. The van der Waals surface area contributed by atoms with Crippen molar-refractivity contribution in [2.24, 2.45) is 5.73 Å². The van der Waals surface area contributed by atoms with Crippen LogP contribution in [0.1, 0.15) is 23.1 Å². The average molecular weight is 385 g/mol. The number of hydrogen-bond acceptors (Lipinski definition) is 2. The van der Waals surface area contributed by atoms with E-state index in [-0.39, 0.29) is 5.92 Å². The van der Waals surface area contributed by atoms with Crippen LogP contribution in [0.3, 0.4) is 0 Å². The Labute approximate surface area is 129 Å². The molecule has 0 saturated carbocycles. The molecule has 4 heteroatoms. The monoisotopic (exact) mass is 383 g/mol. The predicted molar refractivity (Wildman–Crippen MR) is 85.0 cm³/mol. The van der Waals surface area contributed by atoms with Gasteiger partial charge in [0, 0.05) is 21.4 Å². The van der Waals surface area contributed by atoms with Gasteiger partial charge in [0.25, 0.3) is 0 Å². The molecule has 0 aliphatic carbocycles. The molecule has 2 nitrogen and oxygen atoms in total. The van der Waals surface area contributed by atoms with E-state index in [1.165, 1.54) is 0 Å². The molecule has 2 atom stereocenters. The minimum absolute atomic E-state index is 0.112. The van der Waals surface area contributed by atoms with Crippen molar-refractivity contribution in [3.05, 3.63) is 68.6 Å². The van der Waals surface area contributed by atoms with Gasteiger partial charge in [-0.05, 0) is 23.3 Å². The van der Waals surface area contributed by atoms with Crippen LogP contribution in [-0.4, -0.2) is 11.7 Å². The fraction of sp³-hybridized carbons (Fsp3) is 0.200. The molecule has 0 radical (unpaired) electrons. The molecule has 2 unspecified atom stereocenters. The lowest BCUT2D eigenvalue weighted by molar-refractivity contribution is 0.146. The zero-order chi connectivity index (χ0) is 13.8. The molecule has 0 aliphatic heterocycles. The van der Waals surface area contributed by atoms with Gasteiger partial charge in [-0.3, -0.25) is 0 Å². The third-order valence-corrected chi connectivity index (χ3v) is 4.32. The second kappa shape index (κ2) is 6.66. The van der Waals surface area contributed by atoms with Crippen molar-refractivity contribution < 1.29 is 5.11 Å². The highest BCUT2D eigenvalue weighted by Crippen LogP contribution is 2.35. The lowest BCUT2D eigenvalue weighted by atomic mass is 9.89. The summed E-state index contributed by atoms with van der Waals surface area (Å²) in [5, 5.41) is 10.6. The molecule has 0 aliphatic rings. The number of aliphatic hydroxyl groups is 1. The Balaban J connectivity index is 2.33. The molecule has 2 aromatic rings. The summed E-state index contributed by atoms with van der Waals surface area (Å²) in [5.74, 6) is -0.112. The van der Waals surface area contributed by atoms with Crippen LogP contribution in [0.15, 0.2) is 57.5 Å².